The van der Waals surface area contributed by atoms with Crippen LogP contribution in [-0.4, -0.2) is 59.8 Å². The fraction of sp³-hybridized carbons (Fsp3) is 0.560. The van der Waals surface area contributed by atoms with Crippen LogP contribution in [0.2, 0.25) is 18.6 Å². The van der Waals surface area contributed by atoms with Gasteiger partial charge in [0.25, 0.3) is 5.56 Å². The summed E-state index contributed by atoms with van der Waals surface area (Å²) < 4.78 is 13.2. The Bertz CT molecular complexity index is 1220. The number of aliphatic hydroxyl groups excluding tert-OH is 1. The van der Waals surface area contributed by atoms with Crippen LogP contribution >= 0.6 is 0 Å². The highest BCUT2D eigenvalue weighted by molar-refractivity contribution is 6.58. The van der Waals surface area contributed by atoms with Gasteiger partial charge in [-0.1, -0.05) is 46.0 Å². The first-order valence-corrected chi connectivity index (χ1v) is 14.7. The van der Waals surface area contributed by atoms with E-state index in [2.05, 4.69) is 4.98 Å². The van der Waals surface area contributed by atoms with Crippen LogP contribution in [0.25, 0.3) is 0 Å². The van der Waals surface area contributed by atoms with E-state index in [9.17, 15) is 24.6 Å². The first kappa shape index (κ1) is 27.1. The third-order valence-corrected chi connectivity index (χ3v) is 9.63. The molecule has 0 aliphatic carbocycles. The molecule has 1 saturated heterocycles. The molecular weight excluding hydrogens is 468 g/mol. The number of rotatable bonds is 7. The molecule has 0 saturated carbocycles. The minimum absolute atomic E-state index is 0.0828. The van der Waals surface area contributed by atoms with Gasteiger partial charge in [-0.3, -0.25) is 19.1 Å². The fourth-order valence-electron chi connectivity index (χ4n) is 5.81. The van der Waals surface area contributed by atoms with Gasteiger partial charge in [0.2, 0.25) is 0 Å². The first-order chi connectivity index (χ1) is 16.2. The Kier molecular flexibility index (Phi) is 7.08. The van der Waals surface area contributed by atoms with E-state index in [0.717, 1.165) is 5.56 Å². The normalized spacial score (nSPS) is 28.9. The number of aryl methyl sites for hydroxylation is 1. The lowest BCUT2D eigenvalue weighted by molar-refractivity contribution is -0.208. The third-order valence-electron chi connectivity index (χ3n) is 7.29. The van der Waals surface area contributed by atoms with Crippen LogP contribution in [0.5, 0.6) is 5.75 Å². The highest BCUT2D eigenvalue weighted by Gasteiger charge is 2.75. The standard InChI is InChI=1S/C25H36N2O7Si/c1-16-13-27(21(31)26-19(16)30)24(12-17-9-8-10-18(11-17)33-5)20(35(6)7)25(32,22(2,3)4)23(14-28,15-29)34-24/h8-11,13-14,20,29,32,35H,12,15H2,1-7H3,(H,26,30,31)/t20?,23-,24-,25-/m1/s1. The first-order valence-electron chi connectivity index (χ1n) is 11.7. The smallest absolute Gasteiger partial charge is 0.330 e. The summed E-state index contributed by atoms with van der Waals surface area (Å²) in [6.07, 6.45) is 1.95. The summed E-state index contributed by atoms with van der Waals surface area (Å²) in [5.74, 6) is 0.592. The van der Waals surface area contributed by atoms with Gasteiger partial charge in [0.05, 0.1) is 13.7 Å². The van der Waals surface area contributed by atoms with E-state index in [1.54, 1.807) is 53.0 Å². The zero-order valence-electron chi connectivity index (χ0n) is 21.4. The summed E-state index contributed by atoms with van der Waals surface area (Å²) in [6, 6.07) is 7.22. The van der Waals surface area contributed by atoms with Crippen molar-refractivity contribution in [1.29, 1.82) is 0 Å². The number of aromatic nitrogens is 2. The van der Waals surface area contributed by atoms with Crippen molar-refractivity contribution in [3.8, 4) is 5.75 Å². The lowest BCUT2D eigenvalue weighted by atomic mass is 9.65. The molecule has 192 valence electrons. The van der Waals surface area contributed by atoms with Crippen LogP contribution in [0.4, 0.5) is 0 Å². The van der Waals surface area contributed by atoms with Crippen molar-refractivity contribution in [2.75, 3.05) is 13.7 Å². The van der Waals surface area contributed by atoms with Gasteiger partial charge in [0, 0.05) is 32.5 Å². The minimum atomic E-state index is -2.00. The van der Waals surface area contributed by atoms with Crippen LogP contribution in [-0.2, 0) is 21.7 Å². The Morgan fingerprint density at radius 1 is 1.29 bits per heavy atom. The Labute approximate surface area is 206 Å². The Morgan fingerprint density at radius 3 is 2.46 bits per heavy atom. The van der Waals surface area contributed by atoms with E-state index in [1.807, 2.05) is 19.2 Å². The number of aldehydes is 1. The molecule has 1 aliphatic rings. The van der Waals surface area contributed by atoms with Crippen molar-refractivity contribution >= 4 is 15.1 Å². The number of aromatic amines is 1. The molecule has 0 amide bonds. The lowest BCUT2D eigenvalue weighted by Gasteiger charge is -2.49. The second kappa shape index (κ2) is 9.16. The predicted octanol–water partition coefficient (Wildman–Crippen LogP) is 1.34. The lowest BCUT2D eigenvalue weighted by Crippen LogP contribution is -2.65. The number of methoxy groups -OCH3 is 1. The molecule has 0 bridgehead atoms. The zero-order valence-corrected chi connectivity index (χ0v) is 22.6. The molecule has 1 unspecified atom stereocenters. The number of carbonyl (C=O) groups excluding carboxylic acids is 1. The molecule has 0 spiro atoms. The SMILES string of the molecule is COc1cccc(C[C@@]2(n3cc(C)c(=O)[nH]c3=O)O[C@](C=O)(CO)[C@](O)(C(C)(C)C)C2[SiH](C)C)c1. The van der Waals surface area contributed by atoms with Crippen molar-refractivity contribution in [3.63, 3.8) is 0 Å². The van der Waals surface area contributed by atoms with Gasteiger partial charge in [-0.15, -0.1) is 0 Å². The molecule has 1 aromatic carbocycles. The highest BCUT2D eigenvalue weighted by Crippen LogP contribution is 2.63. The number of ether oxygens (including phenoxy) is 2. The van der Waals surface area contributed by atoms with Crippen LogP contribution in [0.15, 0.2) is 40.1 Å². The second-order valence-corrected chi connectivity index (χ2v) is 14.0. The summed E-state index contributed by atoms with van der Waals surface area (Å²) in [7, 11) is -0.446. The van der Waals surface area contributed by atoms with Crippen molar-refractivity contribution in [3.05, 3.63) is 62.4 Å². The number of nitrogens with zero attached hydrogens (tertiary/aromatic N) is 1. The number of H-pyrrole nitrogens is 1. The minimum Gasteiger partial charge on any atom is -0.497 e. The van der Waals surface area contributed by atoms with E-state index < -0.39 is 54.5 Å². The zero-order chi connectivity index (χ0) is 26.4. The molecule has 1 aromatic heterocycles. The second-order valence-electron chi connectivity index (χ2n) is 10.8. The van der Waals surface area contributed by atoms with Crippen LogP contribution in [0, 0.1) is 12.3 Å². The predicted molar refractivity (Wildman–Crippen MR) is 135 cm³/mol. The summed E-state index contributed by atoms with van der Waals surface area (Å²) in [5, 5.41) is 23.0. The van der Waals surface area contributed by atoms with Gasteiger partial charge in [-0.25, -0.2) is 4.79 Å². The summed E-state index contributed by atoms with van der Waals surface area (Å²) in [6.45, 7) is 10.2. The summed E-state index contributed by atoms with van der Waals surface area (Å²) in [5.41, 5.74) is -7.31. The molecule has 4 atom stereocenters. The average Bonchev–Trinajstić information content (AvgIpc) is 3.02. The topological polar surface area (TPSA) is 131 Å². The number of aliphatic hydroxyl groups is 2. The van der Waals surface area contributed by atoms with E-state index >= 15 is 0 Å². The van der Waals surface area contributed by atoms with Gasteiger partial charge in [-0.05, 0) is 30.0 Å². The molecule has 9 nitrogen and oxygen atoms in total. The molecule has 10 heteroatoms. The average molecular weight is 505 g/mol. The number of carbonyl (C=O) groups is 1. The van der Waals surface area contributed by atoms with Crippen LogP contribution < -0.4 is 16.0 Å². The van der Waals surface area contributed by atoms with Gasteiger partial charge >= 0.3 is 5.69 Å². The molecule has 3 N–H and O–H groups in total. The van der Waals surface area contributed by atoms with Gasteiger partial charge in [0.1, 0.15) is 11.4 Å². The maximum atomic E-state index is 13.3. The molecule has 35 heavy (non-hydrogen) atoms. The summed E-state index contributed by atoms with van der Waals surface area (Å²) >= 11 is 0. The van der Waals surface area contributed by atoms with Crippen molar-refractivity contribution < 1.29 is 24.5 Å². The van der Waals surface area contributed by atoms with Crippen LogP contribution in [0.1, 0.15) is 31.9 Å². The molecule has 1 aliphatic heterocycles. The Hall–Kier alpha value is -2.53. The van der Waals surface area contributed by atoms with Crippen molar-refractivity contribution in [2.24, 2.45) is 5.41 Å². The van der Waals surface area contributed by atoms with Gasteiger partial charge < -0.3 is 19.7 Å². The molecule has 0 radical (unpaired) electrons. The van der Waals surface area contributed by atoms with Crippen molar-refractivity contribution in [2.45, 2.75) is 69.7 Å². The van der Waals surface area contributed by atoms with Crippen molar-refractivity contribution in [1.82, 2.24) is 9.55 Å². The molecule has 2 aromatic rings. The number of benzene rings is 1. The van der Waals surface area contributed by atoms with Gasteiger partial charge in [-0.2, -0.15) is 0 Å². The quantitative estimate of drug-likeness (QED) is 0.383. The molecule has 3 rings (SSSR count). The third kappa shape index (κ3) is 4.02. The van der Waals surface area contributed by atoms with E-state index in [4.69, 9.17) is 9.47 Å². The molecule has 2 heterocycles. The van der Waals surface area contributed by atoms with Gasteiger partial charge in [0.15, 0.2) is 17.6 Å². The maximum Gasteiger partial charge on any atom is 0.330 e. The number of hydrogen-bond donors (Lipinski definition) is 3. The van der Waals surface area contributed by atoms with E-state index in [-0.39, 0.29) is 12.0 Å². The molecule has 1 fully saturated rings. The maximum absolute atomic E-state index is 13.3. The van der Waals surface area contributed by atoms with E-state index in [1.165, 1.54) is 10.8 Å². The fourth-order valence-corrected chi connectivity index (χ4v) is 8.94. The number of nitrogens with one attached hydrogen (secondary N) is 1. The van der Waals surface area contributed by atoms with Crippen LogP contribution in [0.3, 0.4) is 0 Å². The Balaban J connectivity index is 2.48. The largest absolute Gasteiger partial charge is 0.497 e. The highest BCUT2D eigenvalue weighted by atomic mass is 28.3. The van der Waals surface area contributed by atoms with E-state index in [0.29, 0.717) is 12.0 Å². The number of hydrogen-bond acceptors (Lipinski definition) is 7. The molecular formula is C25H36N2O7Si. The monoisotopic (exact) mass is 504 g/mol. The Morgan fingerprint density at radius 2 is 1.94 bits per heavy atom. The summed E-state index contributed by atoms with van der Waals surface area (Å²) in [4.78, 5) is 40.5.